The SMILES string of the molecule is Cc1noc(C2CN(C(=O)Cc3ccc(OC(F)F)cc3)C2)n1. The summed E-state index contributed by atoms with van der Waals surface area (Å²) in [7, 11) is 0. The van der Waals surface area contributed by atoms with Gasteiger partial charge in [-0.2, -0.15) is 13.8 Å². The van der Waals surface area contributed by atoms with E-state index in [-0.39, 0.29) is 24.0 Å². The third-order valence-electron chi connectivity index (χ3n) is 3.63. The number of benzene rings is 1. The third-order valence-corrected chi connectivity index (χ3v) is 3.63. The minimum Gasteiger partial charge on any atom is -0.435 e. The molecule has 0 radical (unpaired) electrons. The fourth-order valence-corrected chi connectivity index (χ4v) is 2.39. The van der Waals surface area contributed by atoms with Crippen molar-refractivity contribution in [3.8, 4) is 5.75 Å². The van der Waals surface area contributed by atoms with E-state index in [4.69, 9.17) is 4.52 Å². The Morgan fingerprint density at radius 3 is 2.65 bits per heavy atom. The van der Waals surface area contributed by atoms with Crippen molar-refractivity contribution in [2.75, 3.05) is 13.1 Å². The fraction of sp³-hybridized carbons (Fsp3) is 0.400. The van der Waals surface area contributed by atoms with Gasteiger partial charge < -0.3 is 14.2 Å². The van der Waals surface area contributed by atoms with Crippen molar-refractivity contribution >= 4 is 5.91 Å². The van der Waals surface area contributed by atoms with Crippen LogP contribution in [0.5, 0.6) is 5.75 Å². The topological polar surface area (TPSA) is 68.5 Å². The Kier molecular flexibility index (Phi) is 4.22. The number of aryl methyl sites for hydroxylation is 1. The molecule has 2 heterocycles. The van der Waals surface area contributed by atoms with Crippen LogP contribution < -0.4 is 4.74 Å². The second-order valence-electron chi connectivity index (χ2n) is 5.37. The lowest BCUT2D eigenvalue weighted by atomic mass is 9.99. The average molecular weight is 323 g/mol. The highest BCUT2D eigenvalue weighted by Crippen LogP contribution is 2.26. The Balaban J connectivity index is 1.50. The number of alkyl halides is 2. The molecule has 1 aromatic carbocycles. The summed E-state index contributed by atoms with van der Waals surface area (Å²) in [5.74, 6) is 1.27. The molecule has 1 aliphatic heterocycles. The summed E-state index contributed by atoms with van der Waals surface area (Å²) in [4.78, 5) is 18.0. The number of likely N-dealkylation sites (tertiary alicyclic amines) is 1. The van der Waals surface area contributed by atoms with Crippen LogP contribution >= 0.6 is 0 Å². The lowest BCUT2D eigenvalue weighted by Crippen LogP contribution is -2.49. The molecule has 1 saturated heterocycles. The highest BCUT2D eigenvalue weighted by atomic mass is 19.3. The van der Waals surface area contributed by atoms with E-state index in [0.717, 1.165) is 5.56 Å². The van der Waals surface area contributed by atoms with Crippen LogP contribution in [0.3, 0.4) is 0 Å². The minimum absolute atomic E-state index is 0.0278. The number of halogens is 2. The van der Waals surface area contributed by atoms with Crippen molar-refractivity contribution in [3.05, 3.63) is 41.5 Å². The molecule has 0 spiro atoms. The predicted molar refractivity (Wildman–Crippen MR) is 75.1 cm³/mol. The number of carbonyl (C=O) groups is 1. The minimum atomic E-state index is -2.85. The highest BCUT2D eigenvalue weighted by Gasteiger charge is 2.35. The summed E-state index contributed by atoms with van der Waals surface area (Å²) in [5.41, 5.74) is 0.744. The van der Waals surface area contributed by atoms with E-state index in [0.29, 0.717) is 24.8 Å². The van der Waals surface area contributed by atoms with Crippen LogP contribution in [0.4, 0.5) is 8.78 Å². The van der Waals surface area contributed by atoms with Gasteiger partial charge in [0.25, 0.3) is 0 Å². The van der Waals surface area contributed by atoms with Crippen molar-refractivity contribution in [2.45, 2.75) is 25.9 Å². The van der Waals surface area contributed by atoms with Gasteiger partial charge in [-0.1, -0.05) is 17.3 Å². The van der Waals surface area contributed by atoms with Crippen LogP contribution in [0, 0.1) is 6.92 Å². The van der Waals surface area contributed by atoms with E-state index in [1.165, 1.54) is 12.1 Å². The fourth-order valence-electron chi connectivity index (χ4n) is 2.39. The van der Waals surface area contributed by atoms with Gasteiger partial charge in [-0.25, -0.2) is 0 Å². The molecule has 1 aliphatic rings. The number of aromatic nitrogens is 2. The van der Waals surface area contributed by atoms with Gasteiger partial charge in [-0.05, 0) is 24.6 Å². The summed E-state index contributed by atoms with van der Waals surface area (Å²) in [6, 6.07) is 6.06. The number of carbonyl (C=O) groups excluding carboxylic acids is 1. The molecule has 23 heavy (non-hydrogen) atoms. The largest absolute Gasteiger partial charge is 0.435 e. The molecule has 1 aromatic heterocycles. The molecule has 0 bridgehead atoms. The van der Waals surface area contributed by atoms with E-state index in [9.17, 15) is 13.6 Å². The predicted octanol–water partition coefficient (Wildman–Crippen LogP) is 2.15. The highest BCUT2D eigenvalue weighted by molar-refractivity contribution is 5.79. The first-order chi connectivity index (χ1) is 11.0. The number of rotatable bonds is 5. The molecule has 3 rings (SSSR count). The van der Waals surface area contributed by atoms with Gasteiger partial charge in [-0.3, -0.25) is 4.79 Å². The first-order valence-electron chi connectivity index (χ1n) is 7.13. The first kappa shape index (κ1) is 15.4. The van der Waals surface area contributed by atoms with Gasteiger partial charge in [0.15, 0.2) is 5.82 Å². The first-order valence-corrected chi connectivity index (χ1v) is 7.13. The molecule has 0 atom stereocenters. The van der Waals surface area contributed by atoms with Crippen molar-refractivity contribution in [2.24, 2.45) is 0 Å². The summed E-state index contributed by atoms with van der Waals surface area (Å²) in [6.45, 7) is -0.00958. The van der Waals surface area contributed by atoms with Gasteiger partial charge >= 0.3 is 6.61 Å². The zero-order valence-electron chi connectivity index (χ0n) is 12.4. The maximum absolute atomic E-state index is 12.1. The molecule has 2 aromatic rings. The Labute approximate surface area is 131 Å². The molecule has 122 valence electrons. The normalized spacial score (nSPS) is 14.9. The Bertz CT molecular complexity index is 682. The Hall–Kier alpha value is -2.51. The number of nitrogens with zero attached hydrogens (tertiary/aromatic N) is 3. The van der Waals surface area contributed by atoms with E-state index < -0.39 is 6.61 Å². The van der Waals surface area contributed by atoms with Crippen LogP contribution in [-0.2, 0) is 11.2 Å². The molecule has 6 nitrogen and oxygen atoms in total. The van der Waals surface area contributed by atoms with E-state index in [1.807, 2.05) is 0 Å². The molecular formula is C15H15F2N3O3. The van der Waals surface area contributed by atoms with Crippen LogP contribution in [0.1, 0.15) is 23.2 Å². The van der Waals surface area contributed by atoms with E-state index in [2.05, 4.69) is 14.9 Å². The quantitative estimate of drug-likeness (QED) is 0.843. The van der Waals surface area contributed by atoms with Crippen LogP contribution in [0.25, 0.3) is 0 Å². The maximum atomic E-state index is 12.1. The van der Waals surface area contributed by atoms with Crippen LogP contribution in [0.2, 0.25) is 0 Å². The number of amides is 1. The lowest BCUT2D eigenvalue weighted by molar-refractivity contribution is -0.135. The smallest absolute Gasteiger partial charge is 0.387 e. The van der Waals surface area contributed by atoms with Gasteiger partial charge in [0, 0.05) is 13.1 Å². The summed E-state index contributed by atoms with van der Waals surface area (Å²) in [6.07, 6.45) is 0.213. The van der Waals surface area contributed by atoms with Gasteiger partial charge in [-0.15, -0.1) is 0 Å². The van der Waals surface area contributed by atoms with Crippen LogP contribution in [0.15, 0.2) is 28.8 Å². The zero-order valence-corrected chi connectivity index (χ0v) is 12.4. The molecule has 0 unspecified atom stereocenters. The number of hydrogen-bond acceptors (Lipinski definition) is 5. The van der Waals surface area contributed by atoms with E-state index >= 15 is 0 Å². The van der Waals surface area contributed by atoms with Crippen molar-refractivity contribution in [3.63, 3.8) is 0 Å². The van der Waals surface area contributed by atoms with Crippen molar-refractivity contribution < 1.29 is 22.8 Å². The molecule has 0 saturated carbocycles. The van der Waals surface area contributed by atoms with Crippen molar-refractivity contribution in [1.29, 1.82) is 0 Å². The standard InChI is InChI=1S/C15H15F2N3O3/c1-9-18-14(23-19-9)11-7-20(8-11)13(21)6-10-2-4-12(5-3-10)22-15(16)17/h2-5,11,15H,6-8H2,1H3. The van der Waals surface area contributed by atoms with E-state index in [1.54, 1.807) is 24.0 Å². The van der Waals surface area contributed by atoms with Gasteiger partial charge in [0.05, 0.1) is 12.3 Å². The van der Waals surface area contributed by atoms with Gasteiger partial charge in [0.2, 0.25) is 11.8 Å². The van der Waals surface area contributed by atoms with Gasteiger partial charge in [0.1, 0.15) is 5.75 Å². The molecule has 0 N–H and O–H groups in total. The molecule has 1 amide bonds. The average Bonchev–Trinajstić information content (AvgIpc) is 2.85. The summed E-state index contributed by atoms with van der Waals surface area (Å²) < 4.78 is 33.5. The molecule has 8 heteroatoms. The summed E-state index contributed by atoms with van der Waals surface area (Å²) >= 11 is 0. The number of hydrogen-bond donors (Lipinski definition) is 0. The maximum Gasteiger partial charge on any atom is 0.387 e. The lowest BCUT2D eigenvalue weighted by Gasteiger charge is -2.37. The monoisotopic (exact) mass is 323 g/mol. The second kappa shape index (κ2) is 6.31. The second-order valence-corrected chi connectivity index (χ2v) is 5.37. The molecule has 0 aliphatic carbocycles. The van der Waals surface area contributed by atoms with Crippen molar-refractivity contribution in [1.82, 2.24) is 15.0 Å². The third kappa shape index (κ3) is 3.64. The molecular weight excluding hydrogens is 308 g/mol. The Morgan fingerprint density at radius 2 is 2.09 bits per heavy atom. The molecule has 1 fully saturated rings. The summed E-state index contributed by atoms with van der Waals surface area (Å²) in [5, 5.41) is 3.73. The Morgan fingerprint density at radius 1 is 1.39 bits per heavy atom. The number of ether oxygens (including phenoxy) is 1. The van der Waals surface area contributed by atoms with Crippen LogP contribution in [-0.4, -0.2) is 40.6 Å². The zero-order chi connectivity index (χ0) is 16.4.